The van der Waals surface area contributed by atoms with E-state index in [1.54, 1.807) is 6.07 Å². The molecule has 4 rings (SSSR count). The highest BCUT2D eigenvalue weighted by molar-refractivity contribution is 6.01. The zero-order chi connectivity index (χ0) is 14.8. The first-order valence-corrected chi connectivity index (χ1v) is 6.88. The van der Waals surface area contributed by atoms with E-state index < -0.39 is 0 Å². The average molecular weight is 282 g/mol. The number of nitrogens with one attached hydrogen (secondary N) is 2. The Balaban J connectivity index is 0.000000636. The van der Waals surface area contributed by atoms with Crippen molar-refractivity contribution >= 4 is 21.9 Å². The van der Waals surface area contributed by atoms with Crippen LogP contribution in [0.5, 0.6) is 0 Å². The van der Waals surface area contributed by atoms with Gasteiger partial charge in [0, 0.05) is 34.2 Å². The molecule has 3 heterocycles. The lowest BCUT2D eigenvalue weighted by Crippen LogP contribution is -1.86. The van der Waals surface area contributed by atoms with Gasteiger partial charge in [0.05, 0.1) is 5.69 Å². The van der Waals surface area contributed by atoms with Gasteiger partial charge >= 0.3 is 0 Å². The van der Waals surface area contributed by atoms with Gasteiger partial charge in [-0.15, -0.1) is 0 Å². The summed E-state index contributed by atoms with van der Waals surface area (Å²) in [5.41, 5.74) is 3.34. The highest BCUT2D eigenvalue weighted by atomic mass is 19.1. The molecule has 0 aliphatic rings. The van der Waals surface area contributed by atoms with Crippen LogP contribution in [0, 0.1) is 5.82 Å². The quantitative estimate of drug-likeness (QED) is 0.547. The molecule has 1 aromatic carbocycles. The normalized spacial score (nSPS) is 10.6. The Morgan fingerprint density at radius 2 is 1.86 bits per heavy atom. The minimum atomic E-state index is -0.254. The van der Waals surface area contributed by atoms with Crippen molar-refractivity contribution in [3.63, 3.8) is 0 Å². The Morgan fingerprint density at radius 1 is 1.00 bits per heavy atom. The molecule has 0 spiro atoms. The number of halogens is 1. The Hall–Kier alpha value is -2.69. The van der Waals surface area contributed by atoms with Crippen molar-refractivity contribution in [3.05, 3.63) is 48.8 Å². The van der Waals surface area contributed by atoms with Gasteiger partial charge < -0.3 is 9.97 Å². The summed E-state index contributed by atoms with van der Waals surface area (Å²) < 4.78 is 13.2. The van der Waals surface area contributed by atoms with Crippen LogP contribution in [-0.2, 0) is 0 Å². The number of fused-ring (bicyclic) bond motifs is 2. The molecular weight excluding hydrogens is 267 g/mol. The van der Waals surface area contributed by atoms with Crippen molar-refractivity contribution in [2.24, 2.45) is 0 Å². The number of benzene rings is 1. The Morgan fingerprint density at radius 3 is 2.71 bits per heavy atom. The minimum absolute atomic E-state index is 0.254. The number of rotatable bonds is 1. The number of aromatic amines is 2. The predicted molar refractivity (Wildman–Crippen MR) is 82.5 cm³/mol. The van der Waals surface area contributed by atoms with Crippen LogP contribution in [0.3, 0.4) is 0 Å². The molecule has 2 N–H and O–H groups in total. The van der Waals surface area contributed by atoms with Gasteiger partial charge in [-0.2, -0.15) is 0 Å². The third-order valence-electron chi connectivity index (χ3n) is 3.25. The molecule has 106 valence electrons. The van der Waals surface area contributed by atoms with Gasteiger partial charge in [-0.3, -0.25) is 0 Å². The maximum absolute atomic E-state index is 13.2. The van der Waals surface area contributed by atoms with E-state index in [2.05, 4.69) is 19.9 Å². The molecule has 0 fully saturated rings. The Kier molecular flexibility index (Phi) is 3.39. The highest BCUT2D eigenvalue weighted by Crippen LogP contribution is 2.31. The summed E-state index contributed by atoms with van der Waals surface area (Å²) in [6.07, 6.45) is 5.20. The molecule has 3 aromatic heterocycles. The van der Waals surface area contributed by atoms with E-state index in [-0.39, 0.29) is 5.82 Å². The summed E-state index contributed by atoms with van der Waals surface area (Å²) in [4.78, 5) is 14.6. The molecule has 4 nitrogen and oxygen atoms in total. The largest absolute Gasteiger partial charge is 0.360 e. The summed E-state index contributed by atoms with van der Waals surface area (Å²) in [5, 5.41) is 1.90. The maximum atomic E-state index is 13.2. The number of H-pyrrole nitrogens is 2. The lowest BCUT2D eigenvalue weighted by molar-refractivity contribution is 0.629. The third-order valence-corrected chi connectivity index (χ3v) is 3.25. The molecule has 0 saturated carbocycles. The Labute approximate surface area is 121 Å². The fourth-order valence-corrected chi connectivity index (χ4v) is 2.38. The maximum Gasteiger partial charge on any atom is 0.141 e. The molecule has 0 unspecified atom stereocenters. The first-order valence-electron chi connectivity index (χ1n) is 6.88. The van der Waals surface area contributed by atoms with Gasteiger partial charge in [-0.05, 0) is 24.3 Å². The molecule has 0 saturated heterocycles. The Bertz CT molecular complexity index is 891. The molecule has 0 amide bonds. The molecule has 0 aliphatic carbocycles. The first-order chi connectivity index (χ1) is 10.3. The second-order valence-electron chi connectivity index (χ2n) is 4.35. The van der Waals surface area contributed by atoms with Crippen LogP contribution in [0.1, 0.15) is 13.8 Å². The fraction of sp³-hybridized carbons (Fsp3) is 0.125. The summed E-state index contributed by atoms with van der Waals surface area (Å²) in [6, 6.07) is 6.63. The molecule has 0 radical (unpaired) electrons. The molecule has 0 atom stereocenters. The lowest BCUT2D eigenvalue weighted by Gasteiger charge is -2.00. The number of hydrogen-bond donors (Lipinski definition) is 2. The van der Waals surface area contributed by atoms with Gasteiger partial charge in [0.25, 0.3) is 0 Å². The van der Waals surface area contributed by atoms with E-state index in [4.69, 9.17) is 0 Å². The first kappa shape index (κ1) is 13.3. The van der Waals surface area contributed by atoms with Crippen LogP contribution in [0.15, 0.2) is 43.0 Å². The standard InChI is InChI=1S/C14H9FN4.C2H6/c15-8-1-2-9-11(6-17-12(9)5-8)13-10-3-4-16-14(10)19-7-18-13;1-2/h1-7,17H,(H,16,18,19);1-2H3. The lowest BCUT2D eigenvalue weighted by atomic mass is 10.1. The van der Waals surface area contributed by atoms with E-state index >= 15 is 0 Å². The van der Waals surface area contributed by atoms with E-state index in [9.17, 15) is 4.39 Å². The fourth-order valence-electron chi connectivity index (χ4n) is 2.38. The van der Waals surface area contributed by atoms with Gasteiger partial charge in [0.15, 0.2) is 0 Å². The molecule has 4 aromatic rings. The van der Waals surface area contributed by atoms with Crippen molar-refractivity contribution in [1.29, 1.82) is 0 Å². The van der Waals surface area contributed by atoms with Crippen molar-refractivity contribution < 1.29 is 4.39 Å². The second-order valence-corrected chi connectivity index (χ2v) is 4.35. The van der Waals surface area contributed by atoms with E-state index in [0.29, 0.717) is 0 Å². The van der Waals surface area contributed by atoms with E-state index in [1.807, 2.05) is 32.3 Å². The second kappa shape index (κ2) is 5.36. The van der Waals surface area contributed by atoms with Gasteiger partial charge in [-0.25, -0.2) is 14.4 Å². The monoisotopic (exact) mass is 282 g/mol. The zero-order valence-electron chi connectivity index (χ0n) is 11.8. The number of hydrogen-bond acceptors (Lipinski definition) is 2. The van der Waals surface area contributed by atoms with Crippen molar-refractivity contribution in [3.8, 4) is 11.3 Å². The number of aromatic nitrogens is 4. The summed E-state index contributed by atoms with van der Waals surface area (Å²) in [5.74, 6) is -0.254. The van der Waals surface area contributed by atoms with Crippen LogP contribution in [0.25, 0.3) is 33.2 Å². The molecule has 0 aliphatic heterocycles. The highest BCUT2D eigenvalue weighted by Gasteiger charge is 2.12. The van der Waals surface area contributed by atoms with Gasteiger partial charge in [0.2, 0.25) is 0 Å². The van der Waals surface area contributed by atoms with Crippen LogP contribution in [-0.4, -0.2) is 19.9 Å². The molecule has 0 bridgehead atoms. The molecule has 21 heavy (non-hydrogen) atoms. The van der Waals surface area contributed by atoms with Crippen LogP contribution in [0.2, 0.25) is 0 Å². The van der Waals surface area contributed by atoms with Gasteiger partial charge in [0.1, 0.15) is 17.8 Å². The molecule has 5 heteroatoms. The summed E-state index contributed by atoms with van der Waals surface area (Å²) in [7, 11) is 0. The van der Waals surface area contributed by atoms with Gasteiger partial charge in [-0.1, -0.05) is 13.8 Å². The SMILES string of the molecule is CC.Fc1ccc2c(-c3ncnc4[nH]ccc34)c[nH]c2c1. The third kappa shape index (κ3) is 2.16. The van der Waals surface area contributed by atoms with Crippen LogP contribution >= 0.6 is 0 Å². The number of nitrogens with zero attached hydrogens (tertiary/aromatic N) is 2. The summed E-state index contributed by atoms with van der Waals surface area (Å²) in [6.45, 7) is 4.00. The summed E-state index contributed by atoms with van der Waals surface area (Å²) >= 11 is 0. The van der Waals surface area contributed by atoms with Crippen molar-refractivity contribution in [1.82, 2.24) is 19.9 Å². The van der Waals surface area contributed by atoms with Crippen LogP contribution < -0.4 is 0 Å². The van der Waals surface area contributed by atoms with E-state index in [0.717, 1.165) is 33.2 Å². The van der Waals surface area contributed by atoms with Crippen molar-refractivity contribution in [2.75, 3.05) is 0 Å². The van der Waals surface area contributed by atoms with Crippen LogP contribution in [0.4, 0.5) is 4.39 Å². The predicted octanol–water partition coefficient (Wildman–Crippen LogP) is 4.27. The van der Waals surface area contributed by atoms with E-state index in [1.165, 1.54) is 18.5 Å². The average Bonchev–Trinajstić information content (AvgIpc) is 3.14. The topological polar surface area (TPSA) is 57.4 Å². The zero-order valence-corrected chi connectivity index (χ0v) is 11.8. The van der Waals surface area contributed by atoms with Crippen molar-refractivity contribution in [2.45, 2.75) is 13.8 Å². The minimum Gasteiger partial charge on any atom is -0.360 e. The smallest absolute Gasteiger partial charge is 0.141 e. The molecular formula is C16H15FN4.